The molecule has 2 rings (SSSR count). The summed E-state index contributed by atoms with van der Waals surface area (Å²) < 4.78 is 13.9. The molecule has 5 heteroatoms. The molecule has 0 radical (unpaired) electrons. The van der Waals surface area contributed by atoms with E-state index in [1.807, 2.05) is 12.1 Å². The second kappa shape index (κ2) is 6.71. The summed E-state index contributed by atoms with van der Waals surface area (Å²) >= 11 is 13.3. The molecule has 0 aliphatic heterocycles. The van der Waals surface area contributed by atoms with E-state index in [9.17, 15) is 4.39 Å². The number of likely N-dealkylation sites (N-methyl/N-ethyl adjacent to an activating group) is 1. The molecule has 0 fully saturated rings. The summed E-state index contributed by atoms with van der Waals surface area (Å²) in [6, 6.07) is 8.93. The predicted molar refractivity (Wildman–Crippen MR) is 80.9 cm³/mol. The van der Waals surface area contributed by atoms with E-state index in [4.69, 9.17) is 23.2 Å². The lowest BCUT2D eigenvalue weighted by molar-refractivity contribution is 0.557. The molecule has 19 heavy (non-hydrogen) atoms. The van der Waals surface area contributed by atoms with Crippen LogP contribution < -0.4 is 5.32 Å². The Hall–Kier alpha value is -0.610. The topological polar surface area (TPSA) is 12.0 Å². The first-order valence-electron chi connectivity index (χ1n) is 6.02. The van der Waals surface area contributed by atoms with Crippen LogP contribution in [0.2, 0.25) is 9.36 Å². The van der Waals surface area contributed by atoms with Gasteiger partial charge in [0.1, 0.15) is 5.82 Å². The van der Waals surface area contributed by atoms with Crippen LogP contribution in [0.15, 0.2) is 30.3 Å². The van der Waals surface area contributed by atoms with Gasteiger partial charge in [-0.1, -0.05) is 36.2 Å². The third-order valence-electron chi connectivity index (χ3n) is 2.81. The van der Waals surface area contributed by atoms with Crippen LogP contribution in [0.3, 0.4) is 0 Å². The van der Waals surface area contributed by atoms with Crippen molar-refractivity contribution in [2.75, 3.05) is 6.54 Å². The molecule has 1 nitrogen and oxygen atoms in total. The van der Waals surface area contributed by atoms with Gasteiger partial charge in [-0.2, -0.15) is 0 Å². The van der Waals surface area contributed by atoms with E-state index >= 15 is 0 Å². The monoisotopic (exact) mass is 317 g/mol. The Kier molecular flexibility index (Phi) is 5.22. The Bertz CT molecular complexity index is 556. The molecule has 1 aromatic heterocycles. The Morgan fingerprint density at radius 3 is 2.63 bits per heavy atom. The van der Waals surface area contributed by atoms with Crippen molar-refractivity contribution >= 4 is 34.5 Å². The minimum Gasteiger partial charge on any atom is -0.309 e. The Balaban J connectivity index is 2.18. The fourth-order valence-electron chi connectivity index (χ4n) is 1.94. The highest BCUT2D eigenvalue weighted by Crippen LogP contribution is 2.29. The van der Waals surface area contributed by atoms with Crippen molar-refractivity contribution in [3.8, 4) is 0 Å². The third kappa shape index (κ3) is 3.93. The van der Waals surface area contributed by atoms with Crippen LogP contribution in [0.1, 0.15) is 23.4 Å². The van der Waals surface area contributed by atoms with E-state index in [0.717, 1.165) is 22.9 Å². The number of hydrogen-bond donors (Lipinski definition) is 1. The number of thiophene rings is 1. The fraction of sp³-hybridized carbons (Fsp3) is 0.286. The molecule has 0 amide bonds. The zero-order valence-corrected chi connectivity index (χ0v) is 12.7. The summed E-state index contributed by atoms with van der Waals surface area (Å²) in [7, 11) is 0. The maximum absolute atomic E-state index is 13.1. The van der Waals surface area contributed by atoms with Gasteiger partial charge in [0.15, 0.2) is 0 Å². The lowest BCUT2D eigenvalue weighted by Crippen LogP contribution is -2.22. The highest BCUT2D eigenvalue weighted by Gasteiger charge is 2.14. The molecule has 0 spiro atoms. The number of halogens is 3. The molecule has 0 bridgehead atoms. The summed E-state index contributed by atoms with van der Waals surface area (Å²) in [5.41, 5.74) is 1.00. The number of rotatable bonds is 5. The Labute approximate surface area is 126 Å². The zero-order chi connectivity index (χ0) is 13.8. The number of hydrogen-bond acceptors (Lipinski definition) is 2. The second-order valence-corrected chi connectivity index (χ2v) is 6.36. The molecule has 0 saturated heterocycles. The molecule has 0 aliphatic carbocycles. The highest BCUT2D eigenvalue weighted by atomic mass is 35.5. The molecule has 102 valence electrons. The summed E-state index contributed by atoms with van der Waals surface area (Å²) in [4.78, 5) is 1.17. The van der Waals surface area contributed by atoms with Crippen LogP contribution in [0.4, 0.5) is 4.39 Å². The van der Waals surface area contributed by atoms with Gasteiger partial charge in [0, 0.05) is 10.9 Å². The molecule has 1 heterocycles. The van der Waals surface area contributed by atoms with Gasteiger partial charge in [0.25, 0.3) is 0 Å². The van der Waals surface area contributed by atoms with Gasteiger partial charge in [-0.3, -0.25) is 0 Å². The lowest BCUT2D eigenvalue weighted by Gasteiger charge is -2.16. The summed E-state index contributed by atoms with van der Waals surface area (Å²) in [5, 5.41) is 3.57. The summed E-state index contributed by atoms with van der Waals surface area (Å²) in [5.74, 6) is -0.385. The van der Waals surface area contributed by atoms with Crippen LogP contribution in [-0.4, -0.2) is 6.54 Å². The van der Waals surface area contributed by atoms with Gasteiger partial charge >= 0.3 is 0 Å². The maximum atomic E-state index is 13.1. The van der Waals surface area contributed by atoms with Gasteiger partial charge in [0.2, 0.25) is 0 Å². The van der Waals surface area contributed by atoms with E-state index in [1.165, 1.54) is 10.9 Å². The maximum Gasteiger partial charge on any atom is 0.141 e. The van der Waals surface area contributed by atoms with Crippen molar-refractivity contribution in [1.82, 2.24) is 5.32 Å². The first kappa shape index (κ1) is 14.8. The summed E-state index contributed by atoms with van der Waals surface area (Å²) in [6.07, 6.45) is 0.755. The van der Waals surface area contributed by atoms with Crippen LogP contribution in [0.25, 0.3) is 0 Å². The number of nitrogens with one attached hydrogen (secondary N) is 1. The molecule has 1 aromatic carbocycles. The van der Waals surface area contributed by atoms with Gasteiger partial charge < -0.3 is 5.32 Å². The predicted octanol–water partition coefficient (Wildman–Crippen LogP) is 5.09. The average Bonchev–Trinajstić information content (AvgIpc) is 2.80. The quantitative estimate of drug-likeness (QED) is 0.810. The third-order valence-corrected chi connectivity index (χ3v) is 4.45. The zero-order valence-electron chi connectivity index (χ0n) is 10.4. The standard InChI is InChI=1S/C14H14Cl2FNS/c1-2-18-12(13-5-6-14(16)19-13)8-9-3-4-11(17)10(15)7-9/h3-7,12,18H,2,8H2,1H3. The van der Waals surface area contributed by atoms with E-state index in [0.29, 0.717) is 0 Å². The van der Waals surface area contributed by atoms with Crippen molar-refractivity contribution in [2.24, 2.45) is 0 Å². The Morgan fingerprint density at radius 2 is 2.05 bits per heavy atom. The normalized spacial score (nSPS) is 12.6. The van der Waals surface area contributed by atoms with Crippen molar-refractivity contribution < 1.29 is 4.39 Å². The minimum atomic E-state index is -0.385. The van der Waals surface area contributed by atoms with Gasteiger partial charge in [-0.05, 0) is 42.8 Å². The van der Waals surface area contributed by atoms with Crippen molar-refractivity contribution in [1.29, 1.82) is 0 Å². The van der Waals surface area contributed by atoms with Gasteiger partial charge in [-0.15, -0.1) is 11.3 Å². The fourth-order valence-corrected chi connectivity index (χ4v) is 3.28. The van der Waals surface area contributed by atoms with E-state index in [2.05, 4.69) is 12.2 Å². The van der Waals surface area contributed by atoms with E-state index in [1.54, 1.807) is 23.5 Å². The largest absolute Gasteiger partial charge is 0.309 e. The SMILES string of the molecule is CCNC(Cc1ccc(F)c(Cl)c1)c1ccc(Cl)s1. The Morgan fingerprint density at radius 1 is 1.26 bits per heavy atom. The molecular weight excluding hydrogens is 304 g/mol. The molecule has 0 aliphatic rings. The molecule has 1 atom stereocenters. The molecule has 1 N–H and O–H groups in total. The molecule has 0 saturated carbocycles. The van der Waals surface area contributed by atoms with Gasteiger partial charge in [0.05, 0.1) is 9.36 Å². The van der Waals surface area contributed by atoms with E-state index in [-0.39, 0.29) is 16.9 Å². The molecular formula is C14H14Cl2FNS. The molecule has 2 aromatic rings. The average molecular weight is 318 g/mol. The van der Waals surface area contributed by atoms with Gasteiger partial charge in [-0.25, -0.2) is 4.39 Å². The first-order valence-corrected chi connectivity index (χ1v) is 7.60. The summed E-state index contributed by atoms with van der Waals surface area (Å²) in [6.45, 7) is 2.91. The van der Waals surface area contributed by atoms with Crippen LogP contribution >= 0.6 is 34.5 Å². The second-order valence-electron chi connectivity index (χ2n) is 4.20. The van der Waals surface area contributed by atoms with Crippen molar-refractivity contribution in [3.63, 3.8) is 0 Å². The van der Waals surface area contributed by atoms with Crippen LogP contribution in [0.5, 0.6) is 0 Å². The first-order chi connectivity index (χ1) is 9.10. The number of benzene rings is 1. The smallest absolute Gasteiger partial charge is 0.141 e. The van der Waals surface area contributed by atoms with Crippen LogP contribution in [-0.2, 0) is 6.42 Å². The van der Waals surface area contributed by atoms with Crippen LogP contribution in [0, 0.1) is 5.82 Å². The minimum absolute atomic E-state index is 0.164. The van der Waals surface area contributed by atoms with Crippen molar-refractivity contribution in [3.05, 3.63) is 55.9 Å². The highest BCUT2D eigenvalue weighted by molar-refractivity contribution is 7.16. The van der Waals surface area contributed by atoms with E-state index < -0.39 is 0 Å². The lowest BCUT2D eigenvalue weighted by atomic mass is 10.0. The molecule has 1 unspecified atom stereocenters. The van der Waals surface area contributed by atoms with Crippen molar-refractivity contribution in [2.45, 2.75) is 19.4 Å².